The third-order valence-corrected chi connectivity index (χ3v) is 8.32. The van der Waals surface area contributed by atoms with Crippen LogP contribution < -0.4 is 5.32 Å². The molecule has 4 rings (SSSR count). The fraction of sp³-hybridized carbons (Fsp3) is 0.520. The van der Waals surface area contributed by atoms with E-state index in [0.29, 0.717) is 33.8 Å². The maximum atomic E-state index is 12.9. The number of rotatable bonds is 7. The number of aryl methyl sites for hydroxylation is 1. The molecule has 1 aliphatic carbocycles. The molecule has 1 amide bonds. The third kappa shape index (κ3) is 6.32. The molecule has 1 N–H and O–H groups in total. The van der Waals surface area contributed by atoms with E-state index in [2.05, 4.69) is 15.1 Å². The topological polar surface area (TPSA) is 61.9 Å². The average Bonchev–Trinajstić information content (AvgIpc) is 2.98. The minimum absolute atomic E-state index is 0.0834. The van der Waals surface area contributed by atoms with Gasteiger partial charge in [0, 0.05) is 37.6 Å². The first-order valence-corrected chi connectivity index (χ1v) is 13.5. The maximum absolute atomic E-state index is 12.9. The Kier molecular flexibility index (Phi) is 8.88. The number of thiophene rings is 1. The highest BCUT2D eigenvalue weighted by Gasteiger charge is 2.27. The van der Waals surface area contributed by atoms with Gasteiger partial charge in [-0.15, -0.1) is 11.3 Å². The Labute approximate surface area is 215 Å². The molecule has 0 radical (unpaired) electrons. The Morgan fingerprint density at radius 2 is 1.76 bits per heavy atom. The molecule has 34 heavy (non-hydrogen) atoms. The number of ether oxygens (including phenoxy) is 1. The van der Waals surface area contributed by atoms with E-state index in [-0.39, 0.29) is 11.9 Å². The van der Waals surface area contributed by atoms with E-state index >= 15 is 0 Å². The van der Waals surface area contributed by atoms with Crippen LogP contribution in [-0.2, 0) is 28.9 Å². The second-order valence-corrected chi connectivity index (χ2v) is 10.8. The van der Waals surface area contributed by atoms with Crippen molar-refractivity contribution in [2.45, 2.75) is 45.6 Å². The summed E-state index contributed by atoms with van der Waals surface area (Å²) in [5.41, 5.74) is 2.78. The minimum Gasteiger partial charge on any atom is -0.462 e. The van der Waals surface area contributed by atoms with Crippen molar-refractivity contribution in [3.05, 3.63) is 49.8 Å². The standard InChI is InChI=1S/C25H31Cl2N3O3S/c1-2-33-25(32)23-18-6-4-3-5-7-21(18)34-24(23)28-22(31)16-30-12-10-29(11-13-30)15-17-8-9-19(26)20(27)14-17/h8-9,14H,2-7,10-13,15-16H2,1H3,(H,28,31). The molecule has 2 aromatic rings. The zero-order valence-corrected chi connectivity index (χ0v) is 21.8. The molecule has 1 aliphatic heterocycles. The quantitative estimate of drug-likeness (QED) is 0.396. The summed E-state index contributed by atoms with van der Waals surface area (Å²) in [5.74, 6) is -0.409. The summed E-state index contributed by atoms with van der Waals surface area (Å²) < 4.78 is 5.32. The van der Waals surface area contributed by atoms with Crippen molar-refractivity contribution in [1.29, 1.82) is 0 Å². The van der Waals surface area contributed by atoms with E-state index in [0.717, 1.165) is 69.5 Å². The molecule has 1 fully saturated rings. The molecule has 6 nitrogen and oxygen atoms in total. The number of fused-ring (bicyclic) bond motifs is 1. The number of hydrogen-bond acceptors (Lipinski definition) is 6. The monoisotopic (exact) mass is 523 g/mol. The Bertz CT molecular complexity index is 1030. The van der Waals surface area contributed by atoms with E-state index in [4.69, 9.17) is 27.9 Å². The van der Waals surface area contributed by atoms with Crippen LogP contribution in [0.3, 0.4) is 0 Å². The van der Waals surface area contributed by atoms with E-state index in [1.54, 1.807) is 11.3 Å². The fourth-order valence-electron chi connectivity index (χ4n) is 4.62. The highest BCUT2D eigenvalue weighted by Crippen LogP contribution is 2.38. The van der Waals surface area contributed by atoms with Crippen molar-refractivity contribution in [3.63, 3.8) is 0 Å². The number of nitrogens with one attached hydrogen (secondary N) is 1. The van der Waals surface area contributed by atoms with Crippen LogP contribution in [0.1, 0.15) is 52.5 Å². The SMILES string of the molecule is CCOC(=O)c1c(NC(=O)CN2CCN(Cc3ccc(Cl)c(Cl)c3)CC2)sc2c1CCCCC2. The summed E-state index contributed by atoms with van der Waals surface area (Å²) in [4.78, 5) is 31.3. The number of nitrogens with zero attached hydrogens (tertiary/aromatic N) is 2. The van der Waals surface area contributed by atoms with Gasteiger partial charge in [-0.25, -0.2) is 4.79 Å². The van der Waals surface area contributed by atoms with E-state index in [9.17, 15) is 9.59 Å². The molecule has 1 aromatic carbocycles. The molecule has 2 aliphatic rings. The van der Waals surface area contributed by atoms with Gasteiger partial charge < -0.3 is 10.1 Å². The van der Waals surface area contributed by atoms with Crippen molar-refractivity contribution >= 4 is 51.4 Å². The summed E-state index contributed by atoms with van der Waals surface area (Å²) >= 11 is 13.7. The van der Waals surface area contributed by atoms with Gasteiger partial charge in [0.2, 0.25) is 5.91 Å². The van der Waals surface area contributed by atoms with Gasteiger partial charge in [-0.3, -0.25) is 14.6 Å². The second kappa shape index (κ2) is 11.9. The molecule has 0 saturated carbocycles. The van der Waals surface area contributed by atoms with Crippen molar-refractivity contribution in [1.82, 2.24) is 9.80 Å². The number of piperazine rings is 1. The molecule has 0 bridgehead atoms. The van der Waals surface area contributed by atoms with Gasteiger partial charge in [0.15, 0.2) is 0 Å². The normalized spacial score (nSPS) is 17.1. The van der Waals surface area contributed by atoms with Gasteiger partial charge in [0.25, 0.3) is 0 Å². The lowest BCUT2D eigenvalue weighted by Crippen LogP contribution is -2.48. The molecule has 0 spiro atoms. The van der Waals surface area contributed by atoms with E-state index in [1.165, 1.54) is 11.3 Å². The first-order valence-electron chi connectivity index (χ1n) is 11.9. The summed E-state index contributed by atoms with van der Waals surface area (Å²) in [7, 11) is 0. The van der Waals surface area contributed by atoms with Gasteiger partial charge in [-0.05, 0) is 55.9 Å². The third-order valence-electron chi connectivity index (χ3n) is 6.38. The number of carbonyl (C=O) groups excluding carboxylic acids is 2. The van der Waals surface area contributed by atoms with Crippen molar-refractivity contribution in [2.24, 2.45) is 0 Å². The number of anilines is 1. The molecule has 0 atom stereocenters. The Hall–Kier alpha value is -1.64. The average molecular weight is 525 g/mol. The molecule has 0 unspecified atom stereocenters. The van der Waals surface area contributed by atoms with Crippen LogP contribution in [0.2, 0.25) is 10.0 Å². The van der Waals surface area contributed by atoms with Crippen molar-refractivity contribution < 1.29 is 14.3 Å². The lowest BCUT2D eigenvalue weighted by molar-refractivity contribution is -0.117. The van der Waals surface area contributed by atoms with Crippen LogP contribution in [0.4, 0.5) is 5.00 Å². The highest BCUT2D eigenvalue weighted by atomic mass is 35.5. The lowest BCUT2D eigenvalue weighted by Gasteiger charge is -2.34. The van der Waals surface area contributed by atoms with Crippen LogP contribution >= 0.6 is 34.5 Å². The van der Waals surface area contributed by atoms with Crippen LogP contribution in [-0.4, -0.2) is 61.0 Å². The minimum atomic E-state index is -0.326. The zero-order valence-electron chi connectivity index (χ0n) is 19.5. The number of halogens is 2. The Balaban J connectivity index is 1.33. The molecule has 1 aromatic heterocycles. The second-order valence-electron chi connectivity index (χ2n) is 8.84. The predicted molar refractivity (Wildman–Crippen MR) is 138 cm³/mol. The molecular weight excluding hydrogens is 493 g/mol. The smallest absolute Gasteiger partial charge is 0.341 e. The van der Waals surface area contributed by atoms with Crippen LogP contribution in [0.25, 0.3) is 0 Å². The molecule has 2 heterocycles. The molecule has 9 heteroatoms. The highest BCUT2D eigenvalue weighted by molar-refractivity contribution is 7.17. The summed E-state index contributed by atoms with van der Waals surface area (Å²) in [6.45, 7) is 6.60. The lowest BCUT2D eigenvalue weighted by atomic mass is 10.1. The van der Waals surface area contributed by atoms with Gasteiger partial charge in [-0.1, -0.05) is 35.7 Å². The zero-order chi connectivity index (χ0) is 24.1. The molecule has 1 saturated heterocycles. The van der Waals surface area contributed by atoms with E-state index < -0.39 is 0 Å². The predicted octanol–water partition coefficient (Wildman–Crippen LogP) is 5.26. The van der Waals surface area contributed by atoms with Crippen LogP contribution in [0.5, 0.6) is 0 Å². The van der Waals surface area contributed by atoms with Crippen LogP contribution in [0, 0.1) is 0 Å². The van der Waals surface area contributed by atoms with Crippen molar-refractivity contribution in [3.8, 4) is 0 Å². The number of esters is 1. The number of benzene rings is 1. The van der Waals surface area contributed by atoms with Gasteiger partial charge in [0.1, 0.15) is 5.00 Å². The van der Waals surface area contributed by atoms with Gasteiger partial charge >= 0.3 is 5.97 Å². The summed E-state index contributed by atoms with van der Waals surface area (Å²) in [6.07, 6.45) is 5.19. The Morgan fingerprint density at radius 3 is 2.50 bits per heavy atom. The number of carbonyl (C=O) groups is 2. The fourth-order valence-corrected chi connectivity index (χ4v) is 6.24. The van der Waals surface area contributed by atoms with Crippen molar-refractivity contribution in [2.75, 3.05) is 44.6 Å². The first-order chi connectivity index (χ1) is 16.4. The van der Waals surface area contributed by atoms with Gasteiger partial charge in [-0.2, -0.15) is 0 Å². The van der Waals surface area contributed by atoms with E-state index in [1.807, 2.05) is 25.1 Å². The summed E-state index contributed by atoms with van der Waals surface area (Å²) in [5, 5.41) is 4.82. The Morgan fingerprint density at radius 1 is 1.03 bits per heavy atom. The summed E-state index contributed by atoms with van der Waals surface area (Å²) in [6, 6.07) is 5.74. The first kappa shape index (κ1) is 25.5. The molecule has 184 valence electrons. The van der Waals surface area contributed by atoms with Crippen LogP contribution in [0.15, 0.2) is 18.2 Å². The molecular formula is C25H31Cl2N3O3S. The number of amides is 1. The van der Waals surface area contributed by atoms with Gasteiger partial charge in [0.05, 0.1) is 28.8 Å². The largest absolute Gasteiger partial charge is 0.462 e. The number of hydrogen-bond donors (Lipinski definition) is 1. The maximum Gasteiger partial charge on any atom is 0.341 e.